The first-order chi connectivity index (χ1) is 24.5. The average Bonchev–Trinajstić information content (AvgIpc) is 3.42. The number of hydrogen-bond donors (Lipinski definition) is 4. The average molecular weight is 700 g/mol. The minimum atomic E-state index is -1.07. The zero-order chi connectivity index (χ0) is 36.2. The van der Waals surface area contributed by atoms with Crippen molar-refractivity contribution in [1.82, 2.24) is 15.5 Å². The van der Waals surface area contributed by atoms with Crippen molar-refractivity contribution in [2.24, 2.45) is 5.92 Å². The third kappa shape index (κ3) is 11.9. The predicted octanol–water partition coefficient (Wildman–Crippen LogP) is 5.08. The summed E-state index contributed by atoms with van der Waals surface area (Å²) >= 11 is 0. The molecule has 274 valence electrons. The van der Waals surface area contributed by atoms with Crippen LogP contribution in [0.1, 0.15) is 61.9 Å². The number of amides is 2. The lowest BCUT2D eigenvalue weighted by Crippen LogP contribution is -2.48. The van der Waals surface area contributed by atoms with Gasteiger partial charge in [-0.1, -0.05) is 78.9 Å². The van der Waals surface area contributed by atoms with Crippen molar-refractivity contribution in [3.63, 3.8) is 0 Å². The van der Waals surface area contributed by atoms with E-state index in [9.17, 15) is 19.8 Å². The van der Waals surface area contributed by atoms with Gasteiger partial charge in [-0.2, -0.15) is 0 Å². The molecule has 0 aromatic heterocycles. The van der Waals surface area contributed by atoms with Crippen LogP contribution in [0.15, 0.2) is 84.9 Å². The van der Waals surface area contributed by atoms with Gasteiger partial charge in [0.25, 0.3) is 0 Å². The lowest BCUT2D eigenvalue weighted by molar-refractivity contribution is -0.127. The molecule has 5 atom stereocenters. The zero-order valence-corrected chi connectivity index (χ0v) is 30.0. The summed E-state index contributed by atoms with van der Waals surface area (Å²) in [6.07, 6.45) is 2.63. The zero-order valence-electron chi connectivity index (χ0n) is 30.0. The van der Waals surface area contributed by atoms with Gasteiger partial charge in [0.15, 0.2) is 0 Å². The number of aliphatic hydroxyl groups is 2. The number of nitrogens with one attached hydrogen (secondary N) is 2. The number of aliphatic hydroxyl groups excluding tert-OH is 2. The standard InChI is InChI=1S/C41H53N3O7/c1-41(2,3)51-40(48)42-35(26-30-10-5-4-6-11-30)36(45)28-32(39(47)43-38-34-15-8-7-13-31(34)27-37(38)46)14-9-12-29-16-18-33(19-17-29)50-25-22-44-20-23-49-24-21-44/h4-13,15-19,32,35-38,45-46H,14,20-28H2,1-3H3,(H,42,48)(H,43,47)/b12-9+/t32?,35?,36?,37-,38-/m0/s1. The highest BCUT2D eigenvalue weighted by Gasteiger charge is 2.35. The van der Waals surface area contributed by atoms with Gasteiger partial charge in [-0.25, -0.2) is 4.79 Å². The number of carbonyl (C=O) groups excluding carboxylic acids is 2. The molecule has 1 aliphatic heterocycles. The van der Waals surface area contributed by atoms with Crippen LogP contribution in [-0.2, 0) is 27.1 Å². The van der Waals surface area contributed by atoms with E-state index >= 15 is 0 Å². The fourth-order valence-corrected chi connectivity index (χ4v) is 6.56. The molecule has 3 aromatic carbocycles. The maximum Gasteiger partial charge on any atom is 0.407 e. The third-order valence-electron chi connectivity index (χ3n) is 9.25. The molecule has 3 aromatic rings. The van der Waals surface area contributed by atoms with Crippen molar-refractivity contribution in [2.75, 3.05) is 39.5 Å². The van der Waals surface area contributed by atoms with Crippen LogP contribution in [0.4, 0.5) is 4.79 Å². The third-order valence-corrected chi connectivity index (χ3v) is 9.25. The van der Waals surface area contributed by atoms with Crippen LogP contribution in [0.25, 0.3) is 6.08 Å². The fraction of sp³-hybridized carbons (Fsp3) is 0.463. The molecule has 1 saturated heterocycles. The van der Waals surface area contributed by atoms with Crippen molar-refractivity contribution < 1.29 is 34.0 Å². The van der Waals surface area contributed by atoms with Crippen LogP contribution in [0, 0.1) is 5.92 Å². The Morgan fingerprint density at radius 2 is 1.71 bits per heavy atom. The molecule has 1 fully saturated rings. The summed E-state index contributed by atoms with van der Waals surface area (Å²) in [5, 5.41) is 28.5. The van der Waals surface area contributed by atoms with Crippen LogP contribution in [0.3, 0.4) is 0 Å². The van der Waals surface area contributed by atoms with Gasteiger partial charge in [0, 0.05) is 32.0 Å². The number of rotatable bonds is 15. The first kappa shape index (κ1) is 38.0. The first-order valence-corrected chi connectivity index (χ1v) is 18.0. The Balaban J connectivity index is 1.27. The van der Waals surface area contributed by atoms with Gasteiger partial charge in [0.05, 0.1) is 37.5 Å². The molecule has 0 bridgehead atoms. The molecule has 2 amide bonds. The Bertz CT molecular complexity index is 1570. The Morgan fingerprint density at radius 1 is 1.00 bits per heavy atom. The normalized spacial score (nSPS) is 19.5. The largest absolute Gasteiger partial charge is 0.492 e. The quantitative estimate of drug-likeness (QED) is 0.173. The highest BCUT2D eigenvalue weighted by molar-refractivity contribution is 5.80. The van der Waals surface area contributed by atoms with Crippen LogP contribution < -0.4 is 15.4 Å². The van der Waals surface area contributed by atoms with E-state index in [2.05, 4.69) is 15.5 Å². The van der Waals surface area contributed by atoms with Crippen LogP contribution in [0.2, 0.25) is 0 Å². The minimum absolute atomic E-state index is 0.0733. The fourth-order valence-electron chi connectivity index (χ4n) is 6.56. The lowest BCUT2D eigenvalue weighted by atomic mass is 9.90. The van der Waals surface area contributed by atoms with E-state index in [1.165, 1.54) is 0 Å². The predicted molar refractivity (Wildman–Crippen MR) is 197 cm³/mol. The minimum Gasteiger partial charge on any atom is -0.492 e. The number of nitrogens with zero attached hydrogens (tertiary/aromatic N) is 1. The van der Waals surface area contributed by atoms with Crippen molar-refractivity contribution in [3.05, 3.63) is 107 Å². The van der Waals surface area contributed by atoms with E-state index in [4.69, 9.17) is 14.2 Å². The summed E-state index contributed by atoms with van der Waals surface area (Å²) in [4.78, 5) is 29.2. The number of allylic oxidation sites excluding steroid dienone is 1. The van der Waals surface area contributed by atoms with Crippen molar-refractivity contribution in [2.45, 2.75) is 76.3 Å². The molecule has 10 heteroatoms. The molecule has 0 spiro atoms. The van der Waals surface area contributed by atoms with Crippen LogP contribution in [-0.4, -0.2) is 90.4 Å². The second-order valence-electron chi connectivity index (χ2n) is 14.4. The summed E-state index contributed by atoms with van der Waals surface area (Å²) in [6, 6.07) is 23.8. The van der Waals surface area contributed by atoms with Crippen LogP contribution in [0.5, 0.6) is 5.75 Å². The smallest absolute Gasteiger partial charge is 0.407 e. The Kier molecular flexibility index (Phi) is 13.7. The molecular formula is C41H53N3O7. The van der Waals surface area contributed by atoms with Gasteiger partial charge in [0.2, 0.25) is 5.91 Å². The number of carbonyl (C=O) groups is 2. The van der Waals surface area contributed by atoms with Gasteiger partial charge in [-0.3, -0.25) is 9.69 Å². The molecular weight excluding hydrogens is 646 g/mol. The maximum atomic E-state index is 14.0. The van der Waals surface area contributed by atoms with E-state index in [0.717, 1.165) is 60.9 Å². The molecule has 5 rings (SSSR count). The van der Waals surface area contributed by atoms with Gasteiger partial charge in [-0.05, 0) is 74.4 Å². The van der Waals surface area contributed by atoms with E-state index in [0.29, 0.717) is 25.9 Å². The summed E-state index contributed by atoms with van der Waals surface area (Å²) in [5.41, 5.74) is 3.06. The SMILES string of the molecule is CC(C)(C)OC(=O)NC(Cc1ccccc1)C(O)CC(C/C=C/c1ccc(OCCN2CCOCC2)cc1)C(=O)N[C@H]1c2ccccc2C[C@@H]1O. The van der Waals surface area contributed by atoms with E-state index in [1.807, 2.05) is 91.0 Å². The summed E-state index contributed by atoms with van der Waals surface area (Å²) < 4.78 is 16.9. The highest BCUT2D eigenvalue weighted by atomic mass is 16.6. The first-order valence-electron chi connectivity index (χ1n) is 18.0. The molecule has 0 saturated carbocycles. The number of alkyl carbamates (subject to hydrolysis) is 1. The van der Waals surface area contributed by atoms with E-state index in [-0.39, 0.29) is 12.3 Å². The van der Waals surface area contributed by atoms with Crippen LogP contribution >= 0.6 is 0 Å². The molecule has 1 heterocycles. The summed E-state index contributed by atoms with van der Waals surface area (Å²) in [5.74, 6) is -0.143. The number of hydrogen-bond acceptors (Lipinski definition) is 8. The lowest BCUT2D eigenvalue weighted by Gasteiger charge is -2.29. The molecule has 10 nitrogen and oxygen atoms in total. The number of benzene rings is 3. The Morgan fingerprint density at radius 3 is 2.43 bits per heavy atom. The highest BCUT2D eigenvalue weighted by Crippen LogP contribution is 2.32. The monoisotopic (exact) mass is 699 g/mol. The topological polar surface area (TPSA) is 130 Å². The van der Waals surface area contributed by atoms with E-state index < -0.39 is 41.9 Å². The number of ether oxygens (including phenoxy) is 3. The van der Waals surface area contributed by atoms with Gasteiger partial charge in [-0.15, -0.1) is 0 Å². The molecule has 2 aliphatic rings. The number of fused-ring (bicyclic) bond motifs is 1. The van der Waals surface area contributed by atoms with Crippen molar-refractivity contribution >= 4 is 18.1 Å². The summed E-state index contributed by atoms with van der Waals surface area (Å²) in [6.45, 7) is 10.2. The van der Waals surface area contributed by atoms with Crippen molar-refractivity contribution in [3.8, 4) is 5.75 Å². The van der Waals surface area contributed by atoms with Gasteiger partial charge in [0.1, 0.15) is 18.0 Å². The molecule has 0 radical (unpaired) electrons. The maximum absolute atomic E-state index is 14.0. The van der Waals surface area contributed by atoms with Gasteiger partial charge < -0.3 is 35.1 Å². The Labute approximate surface area is 301 Å². The molecule has 1 aliphatic carbocycles. The second-order valence-corrected chi connectivity index (χ2v) is 14.4. The second kappa shape index (κ2) is 18.3. The Hall–Kier alpha value is -4.22. The molecule has 4 N–H and O–H groups in total. The van der Waals surface area contributed by atoms with Gasteiger partial charge >= 0.3 is 6.09 Å². The molecule has 51 heavy (non-hydrogen) atoms. The summed E-state index contributed by atoms with van der Waals surface area (Å²) in [7, 11) is 0. The number of morpholine rings is 1. The van der Waals surface area contributed by atoms with E-state index in [1.54, 1.807) is 20.8 Å². The molecule has 3 unspecified atom stereocenters. The van der Waals surface area contributed by atoms with Crippen molar-refractivity contribution in [1.29, 1.82) is 0 Å².